The second-order valence-electron chi connectivity index (χ2n) is 3.93. The Kier molecular flexibility index (Phi) is 4.44. The Labute approximate surface area is 119 Å². The Balaban J connectivity index is 2.19. The Morgan fingerprint density at radius 1 is 1.47 bits per heavy atom. The van der Waals surface area contributed by atoms with Gasteiger partial charge in [0, 0.05) is 5.02 Å². The summed E-state index contributed by atoms with van der Waals surface area (Å²) in [5.74, 6) is -0.912. The van der Waals surface area contributed by atoms with E-state index in [1.807, 2.05) is 35.8 Å². The molecule has 0 bridgehead atoms. The zero-order chi connectivity index (χ0) is 13.8. The van der Waals surface area contributed by atoms with Gasteiger partial charge < -0.3 is 9.67 Å². The zero-order valence-electron chi connectivity index (χ0n) is 10.2. The molecule has 0 saturated carbocycles. The van der Waals surface area contributed by atoms with Gasteiger partial charge in [-0.25, -0.2) is 0 Å². The maximum atomic E-state index is 10.6. The second kappa shape index (κ2) is 6.08. The van der Waals surface area contributed by atoms with Gasteiger partial charge in [-0.05, 0) is 24.6 Å². The maximum absolute atomic E-state index is 10.6. The molecule has 0 amide bonds. The number of halogens is 1. The van der Waals surface area contributed by atoms with Gasteiger partial charge in [0.05, 0.1) is 11.8 Å². The van der Waals surface area contributed by atoms with Crippen LogP contribution in [0.3, 0.4) is 0 Å². The average Bonchev–Trinajstić information content (AvgIpc) is 2.84. The summed E-state index contributed by atoms with van der Waals surface area (Å²) in [5.41, 5.74) is 1.06. The van der Waals surface area contributed by atoms with E-state index in [0.717, 1.165) is 17.3 Å². The van der Waals surface area contributed by atoms with E-state index in [4.69, 9.17) is 16.7 Å². The average molecular weight is 298 g/mol. The number of thioether (sulfide) groups is 1. The van der Waals surface area contributed by atoms with Crippen molar-refractivity contribution >= 4 is 29.3 Å². The first-order valence-electron chi connectivity index (χ1n) is 5.57. The number of aliphatic carboxylic acids is 1. The number of hydrogen-bond donors (Lipinski definition) is 1. The van der Waals surface area contributed by atoms with Gasteiger partial charge in [0.15, 0.2) is 5.16 Å². The van der Waals surface area contributed by atoms with Gasteiger partial charge in [-0.3, -0.25) is 4.79 Å². The molecule has 0 fully saturated rings. The highest BCUT2D eigenvalue weighted by Crippen LogP contribution is 2.24. The summed E-state index contributed by atoms with van der Waals surface area (Å²) in [6.45, 7) is 2.00. The van der Waals surface area contributed by atoms with E-state index in [1.54, 1.807) is 6.33 Å². The molecule has 2 aromatic rings. The molecule has 19 heavy (non-hydrogen) atoms. The van der Waals surface area contributed by atoms with Crippen LogP contribution in [0.25, 0.3) is 0 Å². The highest BCUT2D eigenvalue weighted by molar-refractivity contribution is 7.99. The molecule has 7 heteroatoms. The SMILES string of the molecule is CC(c1ccc(Cl)cc1)n1cnnc1SCC(=O)O. The lowest BCUT2D eigenvalue weighted by atomic mass is 10.1. The molecule has 1 aromatic carbocycles. The van der Waals surface area contributed by atoms with Crippen LogP contribution in [-0.2, 0) is 4.79 Å². The number of carbonyl (C=O) groups is 1. The van der Waals surface area contributed by atoms with Crippen molar-refractivity contribution in [2.45, 2.75) is 18.1 Å². The van der Waals surface area contributed by atoms with Crippen molar-refractivity contribution < 1.29 is 9.90 Å². The normalized spacial score (nSPS) is 12.3. The van der Waals surface area contributed by atoms with Crippen LogP contribution in [0, 0.1) is 0 Å². The van der Waals surface area contributed by atoms with Crippen LogP contribution >= 0.6 is 23.4 Å². The van der Waals surface area contributed by atoms with E-state index >= 15 is 0 Å². The van der Waals surface area contributed by atoms with Crippen LogP contribution in [0.15, 0.2) is 35.7 Å². The Morgan fingerprint density at radius 3 is 2.79 bits per heavy atom. The molecule has 5 nitrogen and oxygen atoms in total. The van der Waals surface area contributed by atoms with Gasteiger partial charge in [0.25, 0.3) is 0 Å². The van der Waals surface area contributed by atoms with E-state index in [0.29, 0.717) is 10.2 Å². The van der Waals surface area contributed by atoms with Crippen molar-refractivity contribution in [2.75, 3.05) is 5.75 Å². The number of benzene rings is 1. The summed E-state index contributed by atoms with van der Waals surface area (Å²) in [5, 5.41) is 17.7. The molecule has 0 spiro atoms. The topological polar surface area (TPSA) is 68.0 Å². The minimum Gasteiger partial charge on any atom is -0.481 e. The predicted molar refractivity (Wildman–Crippen MR) is 73.6 cm³/mol. The van der Waals surface area contributed by atoms with Crippen molar-refractivity contribution in [2.24, 2.45) is 0 Å². The van der Waals surface area contributed by atoms with Crippen LogP contribution in [0.2, 0.25) is 5.02 Å². The van der Waals surface area contributed by atoms with E-state index < -0.39 is 5.97 Å². The quantitative estimate of drug-likeness (QED) is 0.859. The summed E-state index contributed by atoms with van der Waals surface area (Å²) in [7, 11) is 0. The number of rotatable bonds is 5. The molecule has 1 aromatic heterocycles. The molecule has 1 unspecified atom stereocenters. The second-order valence-corrected chi connectivity index (χ2v) is 5.31. The van der Waals surface area contributed by atoms with Gasteiger partial charge in [-0.2, -0.15) is 0 Å². The highest BCUT2D eigenvalue weighted by Gasteiger charge is 2.14. The lowest BCUT2D eigenvalue weighted by molar-refractivity contribution is -0.133. The Morgan fingerprint density at radius 2 is 2.16 bits per heavy atom. The minimum absolute atomic E-state index is 0.0172. The van der Waals surface area contributed by atoms with E-state index in [9.17, 15) is 4.79 Å². The van der Waals surface area contributed by atoms with Crippen molar-refractivity contribution in [3.8, 4) is 0 Å². The molecule has 2 rings (SSSR count). The molecular weight excluding hydrogens is 286 g/mol. The van der Waals surface area contributed by atoms with Crippen LogP contribution < -0.4 is 0 Å². The third-order valence-corrected chi connectivity index (χ3v) is 3.83. The lowest BCUT2D eigenvalue weighted by Gasteiger charge is -2.15. The fourth-order valence-electron chi connectivity index (χ4n) is 1.63. The third-order valence-electron chi connectivity index (χ3n) is 2.63. The summed E-state index contributed by atoms with van der Waals surface area (Å²) >= 11 is 7.01. The largest absolute Gasteiger partial charge is 0.481 e. The van der Waals surface area contributed by atoms with Crippen molar-refractivity contribution in [3.05, 3.63) is 41.2 Å². The first-order chi connectivity index (χ1) is 9.08. The summed E-state index contributed by atoms with van der Waals surface area (Å²) < 4.78 is 1.84. The Hall–Kier alpha value is -1.53. The lowest BCUT2D eigenvalue weighted by Crippen LogP contribution is -2.08. The van der Waals surface area contributed by atoms with Crippen LogP contribution in [0.4, 0.5) is 0 Å². The molecule has 0 aliphatic carbocycles. The predicted octanol–water partition coefficient (Wildman–Crippen LogP) is 2.72. The number of hydrogen-bond acceptors (Lipinski definition) is 4. The molecular formula is C12H12ClN3O2S. The van der Waals surface area contributed by atoms with E-state index in [2.05, 4.69) is 10.2 Å². The number of aromatic nitrogens is 3. The smallest absolute Gasteiger partial charge is 0.313 e. The minimum atomic E-state index is -0.876. The first kappa shape index (κ1) is 13.9. The van der Waals surface area contributed by atoms with Crippen molar-refractivity contribution in [1.29, 1.82) is 0 Å². The van der Waals surface area contributed by atoms with E-state index in [-0.39, 0.29) is 11.8 Å². The van der Waals surface area contributed by atoms with Gasteiger partial charge in [-0.1, -0.05) is 35.5 Å². The van der Waals surface area contributed by atoms with Crippen LogP contribution in [0.5, 0.6) is 0 Å². The Bertz CT molecular complexity index is 571. The fraction of sp³-hybridized carbons (Fsp3) is 0.250. The van der Waals surface area contributed by atoms with Gasteiger partial charge in [0.1, 0.15) is 6.33 Å². The summed E-state index contributed by atoms with van der Waals surface area (Å²) in [6, 6.07) is 7.52. The van der Waals surface area contributed by atoms with Crippen LogP contribution in [-0.4, -0.2) is 31.6 Å². The monoisotopic (exact) mass is 297 g/mol. The zero-order valence-corrected chi connectivity index (χ0v) is 11.7. The summed E-state index contributed by atoms with van der Waals surface area (Å²) in [4.78, 5) is 10.6. The highest BCUT2D eigenvalue weighted by atomic mass is 35.5. The van der Waals surface area contributed by atoms with Gasteiger partial charge in [0.2, 0.25) is 0 Å². The molecule has 100 valence electrons. The van der Waals surface area contributed by atoms with E-state index in [1.165, 1.54) is 0 Å². The molecule has 1 atom stereocenters. The maximum Gasteiger partial charge on any atom is 0.313 e. The number of nitrogens with zero attached hydrogens (tertiary/aromatic N) is 3. The van der Waals surface area contributed by atoms with Crippen molar-refractivity contribution in [1.82, 2.24) is 14.8 Å². The molecule has 1 heterocycles. The fourth-order valence-corrected chi connectivity index (χ4v) is 2.47. The number of carboxylic acid groups (broad SMARTS) is 1. The molecule has 0 saturated heterocycles. The molecule has 0 radical (unpaired) electrons. The molecule has 0 aliphatic heterocycles. The first-order valence-corrected chi connectivity index (χ1v) is 6.94. The third kappa shape index (κ3) is 3.48. The molecule has 0 aliphatic rings. The van der Waals surface area contributed by atoms with Gasteiger partial charge in [-0.15, -0.1) is 10.2 Å². The van der Waals surface area contributed by atoms with Crippen molar-refractivity contribution in [3.63, 3.8) is 0 Å². The number of carboxylic acids is 1. The van der Waals surface area contributed by atoms with Crippen LogP contribution in [0.1, 0.15) is 18.5 Å². The van der Waals surface area contributed by atoms with Gasteiger partial charge >= 0.3 is 5.97 Å². The summed E-state index contributed by atoms with van der Waals surface area (Å²) in [6.07, 6.45) is 1.60. The molecule has 1 N–H and O–H groups in total. The standard InChI is InChI=1S/C12H12ClN3O2S/c1-8(9-2-4-10(13)5-3-9)16-7-14-15-12(16)19-6-11(17)18/h2-5,7-8H,6H2,1H3,(H,17,18).